The molecule has 1 amide bonds. The molecule has 0 radical (unpaired) electrons. The fourth-order valence-corrected chi connectivity index (χ4v) is 2.73. The summed E-state index contributed by atoms with van der Waals surface area (Å²) in [5.74, 6) is 1.07. The summed E-state index contributed by atoms with van der Waals surface area (Å²) in [5.41, 5.74) is 3.84. The number of amides is 1. The minimum Gasteiger partial charge on any atom is -0.493 e. The van der Waals surface area contributed by atoms with Crippen LogP contribution in [0.25, 0.3) is 0 Å². The lowest BCUT2D eigenvalue weighted by atomic mass is 10.0. The highest BCUT2D eigenvalue weighted by molar-refractivity contribution is 6.03. The van der Waals surface area contributed by atoms with Gasteiger partial charge in [0.2, 0.25) is 5.89 Å². The van der Waals surface area contributed by atoms with E-state index in [0.29, 0.717) is 29.4 Å². The number of rotatable bonds is 6. The van der Waals surface area contributed by atoms with E-state index in [4.69, 9.17) is 13.9 Å². The third-order valence-corrected chi connectivity index (χ3v) is 4.17. The Bertz CT molecular complexity index is 966. The van der Waals surface area contributed by atoms with Crippen LogP contribution < -0.4 is 14.8 Å². The number of hydrogen-bond donors (Lipinski definition) is 1. The molecule has 7 nitrogen and oxygen atoms in total. The molecule has 0 aliphatic carbocycles. The van der Waals surface area contributed by atoms with Crippen LogP contribution in [0.1, 0.15) is 32.9 Å². The summed E-state index contributed by atoms with van der Waals surface area (Å²) in [7, 11) is 3.05. The summed E-state index contributed by atoms with van der Waals surface area (Å²) in [6.45, 7) is 4.09. The highest BCUT2D eigenvalue weighted by atomic mass is 16.5. The van der Waals surface area contributed by atoms with Crippen molar-refractivity contribution in [2.75, 3.05) is 19.5 Å². The summed E-state index contributed by atoms with van der Waals surface area (Å²) in [6, 6.07) is 11.1. The second-order valence-electron chi connectivity index (χ2n) is 6.13. The number of nitrogens with one attached hydrogen (secondary N) is 1. The van der Waals surface area contributed by atoms with Crippen LogP contribution in [-0.4, -0.2) is 30.3 Å². The molecule has 27 heavy (non-hydrogen) atoms. The van der Waals surface area contributed by atoms with Gasteiger partial charge >= 0.3 is 6.01 Å². The Morgan fingerprint density at radius 3 is 2.52 bits per heavy atom. The smallest absolute Gasteiger partial charge is 0.322 e. The van der Waals surface area contributed by atoms with Crippen molar-refractivity contribution in [2.24, 2.45) is 0 Å². The first-order valence-electron chi connectivity index (χ1n) is 8.42. The van der Waals surface area contributed by atoms with E-state index in [1.54, 1.807) is 18.2 Å². The monoisotopic (exact) mass is 367 g/mol. The predicted molar refractivity (Wildman–Crippen MR) is 101 cm³/mol. The summed E-state index contributed by atoms with van der Waals surface area (Å²) in [6.07, 6.45) is 0.505. The van der Waals surface area contributed by atoms with Crippen molar-refractivity contribution >= 4 is 11.9 Å². The molecule has 0 aliphatic rings. The number of carbonyl (C=O) groups is 1. The molecule has 140 valence electrons. The van der Waals surface area contributed by atoms with Crippen molar-refractivity contribution in [1.82, 2.24) is 10.2 Å². The maximum Gasteiger partial charge on any atom is 0.322 e. The van der Waals surface area contributed by atoms with E-state index in [1.807, 2.05) is 26.0 Å². The minimum atomic E-state index is -0.377. The standard InChI is InChI=1S/C20H21N3O4/c1-12-5-6-14(13(2)9-12)11-18-22-23-20(27-18)21-19(24)15-7-8-16(25-3)17(10-15)26-4/h5-10H,11H2,1-4H3,(H,21,23,24). The number of nitrogens with zero attached hydrogens (tertiary/aromatic N) is 2. The first kappa shape index (κ1) is 18.4. The zero-order chi connectivity index (χ0) is 19.4. The summed E-state index contributed by atoms with van der Waals surface area (Å²) in [5, 5.41) is 10.5. The molecule has 2 aromatic carbocycles. The average Bonchev–Trinajstić information content (AvgIpc) is 3.10. The highest BCUT2D eigenvalue weighted by Gasteiger charge is 2.15. The van der Waals surface area contributed by atoms with Gasteiger partial charge in [-0.3, -0.25) is 10.1 Å². The van der Waals surface area contributed by atoms with Gasteiger partial charge in [-0.05, 0) is 43.2 Å². The maximum atomic E-state index is 12.4. The van der Waals surface area contributed by atoms with E-state index in [9.17, 15) is 4.79 Å². The first-order valence-corrected chi connectivity index (χ1v) is 8.42. The number of hydrogen-bond acceptors (Lipinski definition) is 6. The van der Waals surface area contributed by atoms with Gasteiger partial charge in [-0.25, -0.2) is 0 Å². The summed E-state index contributed by atoms with van der Waals surface area (Å²) in [4.78, 5) is 12.4. The van der Waals surface area contributed by atoms with Crippen molar-refractivity contribution in [2.45, 2.75) is 20.3 Å². The molecule has 3 rings (SSSR count). The molecule has 0 saturated carbocycles. The number of carbonyl (C=O) groups excluding carboxylic acids is 1. The van der Waals surface area contributed by atoms with Gasteiger partial charge in [0.15, 0.2) is 11.5 Å². The molecule has 1 N–H and O–H groups in total. The third-order valence-electron chi connectivity index (χ3n) is 4.17. The predicted octanol–water partition coefficient (Wildman–Crippen LogP) is 3.55. The second-order valence-corrected chi connectivity index (χ2v) is 6.13. The molecule has 0 saturated heterocycles. The third kappa shape index (κ3) is 4.25. The van der Waals surface area contributed by atoms with Gasteiger partial charge in [0, 0.05) is 5.56 Å². The van der Waals surface area contributed by atoms with Gasteiger partial charge in [-0.15, -0.1) is 5.10 Å². The Labute approximate surface area is 157 Å². The topological polar surface area (TPSA) is 86.5 Å². The van der Waals surface area contributed by atoms with E-state index in [-0.39, 0.29) is 11.9 Å². The van der Waals surface area contributed by atoms with E-state index < -0.39 is 0 Å². The Hall–Kier alpha value is -3.35. The molecular weight excluding hydrogens is 346 g/mol. The summed E-state index contributed by atoms with van der Waals surface area (Å²) < 4.78 is 15.9. The van der Waals surface area contributed by atoms with Crippen LogP contribution in [0.5, 0.6) is 11.5 Å². The quantitative estimate of drug-likeness (QED) is 0.717. The SMILES string of the molecule is COc1ccc(C(=O)Nc2nnc(Cc3ccc(C)cc3C)o2)cc1OC. The molecule has 3 aromatic rings. The normalized spacial score (nSPS) is 10.5. The minimum absolute atomic E-state index is 0.0505. The Morgan fingerprint density at radius 1 is 1.04 bits per heavy atom. The van der Waals surface area contributed by atoms with E-state index >= 15 is 0 Å². The molecule has 1 aromatic heterocycles. The van der Waals surface area contributed by atoms with Gasteiger partial charge in [0.1, 0.15) is 0 Å². The lowest BCUT2D eigenvalue weighted by Crippen LogP contribution is -2.12. The van der Waals surface area contributed by atoms with Gasteiger partial charge in [-0.2, -0.15) is 0 Å². The van der Waals surface area contributed by atoms with Crippen LogP contribution in [0.4, 0.5) is 6.01 Å². The molecule has 0 atom stereocenters. The number of aryl methyl sites for hydroxylation is 2. The van der Waals surface area contributed by atoms with E-state index in [2.05, 4.69) is 21.6 Å². The van der Waals surface area contributed by atoms with Crippen LogP contribution in [-0.2, 0) is 6.42 Å². The van der Waals surface area contributed by atoms with Crippen LogP contribution in [0.15, 0.2) is 40.8 Å². The number of ether oxygens (including phenoxy) is 2. The largest absolute Gasteiger partial charge is 0.493 e. The Kier molecular flexibility index (Phi) is 5.40. The molecule has 1 heterocycles. The van der Waals surface area contributed by atoms with Crippen LogP contribution in [0, 0.1) is 13.8 Å². The molecule has 0 unspecified atom stereocenters. The maximum absolute atomic E-state index is 12.4. The van der Waals surface area contributed by atoms with Crippen molar-refractivity contribution in [3.05, 3.63) is 64.5 Å². The fraction of sp³-hybridized carbons (Fsp3) is 0.250. The molecule has 0 aliphatic heterocycles. The van der Waals surface area contributed by atoms with Crippen molar-refractivity contribution in [1.29, 1.82) is 0 Å². The molecular formula is C20H21N3O4. The van der Waals surface area contributed by atoms with Crippen molar-refractivity contribution in [3.8, 4) is 11.5 Å². The second kappa shape index (κ2) is 7.90. The van der Waals surface area contributed by atoms with Crippen molar-refractivity contribution < 1.29 is 18.7 Å². The highest BCUT2D eigenvalue weighted by Crippen LogP contribution is 2.27. The molecule has 0 fully saturated rings. The first-order chi connectivity index (χ1) is 13.0. The average molecular weight is 367 g/mol. The number of aromatic nitrogens is 2. The molecule has 0 spiro atoms. The van der Waals surface area contributed by atoms with Gasteiger partial charge in [0.05, 0.1) is 20.6 Å². The number of anilines is 1. The van der Waals surface area contributed by atoms with Crippen LogP contribution >= 0.6 is 0 Å². The van der Waals surface area contributed by atoms with E-state index in [1.165, 1.54) is 19.8 Å². The lowest BCUT2D eigenvalue weighted by Gasteiger charge is -2.08. The lowest BCUT2D eigenvalue weighted by molar-refractivity contribution is 0.102. The Balaban J connectivity index is 1.71. The van der Waals surface area contributed by atoms with Gasteiger partial charge in [-0.1, -0.05) is 28.9 Å². The molecule has 7 heteroatoms. The zero-order valence-corrected chi connectivity index (χ0v) is 15.7. The van der Waals surface area contributed by atoms with Crippen molar-refractivity contribution in [3.63, 3.8) is 0 Å². The number of methoxy groups -OCH3 is 2. The number of benzene rings is 2. The van der Waals surface area contributed by atoms with Crippen LogP contribution in [0.2, 0.25) is 0 Å². The van der Waals surface area contributed by atoms with Gasteiger partial charge < -0.3 is 13.9 Å². The summed E-state index contributed by atoms with van der Waals surface area (Å²) >= 11 is 0. The Morgan fingerprint density at radius 2 is 1.81 bits per heavy atom. The van der Waals surface area contributed by atoms with E-state index in [0.717, 1.165) is 11.1 Å². The van der Waals surface area contributed by atoms with Gasteiger partial charge in [0.25, 0.3) is 5.91 Å². The zero-order valence-electron chi connectivity index (χ0n) is 15.7. The fourth-order valence-electron chi connectivity index (χ4n) is 2.73. The molecule has 0 bridgehead atoms. The van der Waals surface area contributed by atoms with Crippen LogP contribution in [0.3, 0.4) is 0 Å².